The number of carbonyl (C=O) groups excluding carboxylic acids is 1. The lowest BCUT2D eigenvalue weighted by Gasteiger charge is -2.31. The molecule has 1 aliphatic rings. The smallest absolute Gasteiger partial charge is 0.293 e. The van der Waals surface area contributed by atoms with Crippen LogP contribution in [-0.2, 0) is 0 Å². The Labute approximate surface area is 162 Å². The van der Waals surface area contributed by atoms with E-state index in [1.165, 1.54) is 0 Å². The summed E-state index contributed by atoms with van der Waals surface area (Å²) in [4.78, 5) is 20.6. The van der Waals surface area contributed by atoms with Crippen molar-refractivity contribution in [2.75, 3.05) is 26.7 Å². The SMILES string of the molecule is CNCC1CCCN(C(=O)c2nc(-c3cccs3)n(-c3ccccc3)n2)C1. The maximum atomic E-state index is 13.1. The fourth-order valence-corrected chi connectivity index (χ4v) is 4.26. The van der Waals surface area contributed by atoms with E-state index in [2.05, 4.69) is 15.4 Å². The summed E-state index contributed by atoms with van der Waals surface area (Å²) in [7, 11) is 1.96. The van der Waals surface area contributed by atoms with E-state index in [-0.39, 0.29) is 11.7 Å². The fourth-order valence-electron chi connectivity index (χ4n) is 3.56. The number of nitrogens with zero attached hydrogens (tertiary/aromatic N) is 4. The van der Waals surface area contributed by atoms with Gasteiger partial charge in [0.05, 0.1) is 10.6 Å². The van der Waals surface area contributed by atoms with Gasteiger partial charge in [0.15, 0.2) is 5.82 Å². The first-order valence-electron chi connectivity index (χ1n) is 9.26. The number of hydrogen-bond donors (Lipinski definition) is 1. The Kier molecular flexibility index (Phi) is 5.31. The number of hydrogen-bond acceptors (Lipinski definition) is 5. The van der Waals surface area contributed by atoms with E-state index in [0.717, 1.165) is 43.0 Å². The topological polar surface area (TPSA) is 63.1 Å². The Morgan fingerprint density at radius 3 is 2.85 bits per heavy atom. The molecule has 0 saturated carbocycles. The van der Waals surface area contributed by atoms with E-state index in [9.17, 15) is 4.79 Å². The van der Waals surface area contributed by atoms with E-state index in [4.69, 9.17) is 0 Å². The van der Waals surface area contributed by atoms with Gasteiger partial charge in [-0.3, -0.25) is 4.79 Å². The van der Waals surface area contributed by atoms with Gasteiger partial charge in [-0.05, 0) is 55.9 Å². The van der Waals surface area contributed by atoms with Crippen molar-refractivity contribution in [2.24, 2.45) is 5.92 Å². The van der Waals surface area contributed by atoms with Gasteiger partial charge in [0.1, 0.15) is 0 Å². The molecule has 1 saturated heterocycles. The fraction of sp³-hybridized carbons (Fsp3) is 0.350. The average molecular weight is 382 g/mol. The van der Waals surface area contributed by atoms with Gasteiger partial charge in [0.25, 0.3) is 5.91 Å². The molecule has 27 heavy (non-hydrogen) atoms. The Morgan fingerprint density at radius 1 is 1.26 bits per heavy atom. The molecule has 1 N–H and O–H groups in total. The molecular weight excluding hydrogens is 358 g/mol. The van der Waals surface area contributed by atoms with Gasteiger partial charge in [0.2, 0.25) is 5.82 Å². The number of likely N-dealkylation sites (tertiary alicyclic amines) is 1. The van der Waals surface area contributed by atoms with Crippen LogP contribution >= 0.6 is 11.3 Å². The normalized spacial score (nSPS) is 17.2. The summed E-state index contributed by atoms with van der Waals surface area (Å²) in [5.41, 5.74) is 0.902. The first-order chi connectivity index (χ1) is 13.3. The van der Waals surface area contributed by atoms with Crippen molar-refractivity contribution >= 4 is 17.2 Å². The predicted octanol–water partition coefficient (Wildman–Crippen LogP) is 3.07. The van der Waals surface area contributed by atoms with Crippen molar-refractivity contribution in [3.63, 3.8) is 0 Å². The van der Waals surface area contributed by atoms with Crippen LogP contribution in [0.1, 0.15) is 23.5 Å². The highest BCUT2D eigenvalue weighted by molar-refractivity contribution is 7.13. The third-order valence-electron chi connectivity index (χ3n) is 4.84. The summed E-state index contributed by atoms with van der Waals surface area (Å²) < 4.78 is 1.77. The summed E-state index contributed by atoms with van der Waals surface area (Å²) in [5.74, 6) is 1.39. The van der Waals surface area contributed by atoms with E-state index in [0.29, 0.717) is 11.7 Å². The molecular formula is C20H23N5OS. The predicted molar refractivity (Wildman–Crippen MR) is 107 cm³/mol. The van der Waals surface area contributed by atoms with Crippen LogP contribution in [0.25, 0.3) is 16.4 Å². The van der Waals surface area contributed by atoms with Gasteiger partial charge in [0, 0.05) is 13.1 Å². The molecule has 2 aromatic heterocycles. The van der Waals surface area contributed by atoms with Gasteiger partial charge in [-0.2, -0.15) is 0 Å². The monoisotopic (exact) mass is 381 g/mol. The highest BCUT2D eigenvalue weighted by Crippen LogP contribution is 2.26. The van der Waals surface area contributed by atoms with Crippen LogP contribution in [0, 0.1) is 5.92 Å². The summed E-state index contributed by atoms with van der Waals surface area (Å²) in [6, 6.07) is 13.8. The molecule has 0 bridgehead atoms. The van der Waals surface area contributed by atoms with Crippen molar-refractivity contribution in [3.8, 4) is 16.4 Å². The first kappa shape index (κ1) is 17.9. The number of carbonyl (C=O) groups is 1. The lowest BCUT2D eigenvalue weighted by Crippen LogP contribution is -2.42. The minimum absolute atomic E-state index is 0.0803. The van der Waals surface area contributed by atoms with Gasteiger partial charge in [-0.1, -0.05) is 24.3 Å². The average Bonchev–Trinajstić information content (AvgIpc) is 3.38. The molecule has 1 unspecified atom stereocenters. The molecule has 3 aromatic rings. The molecule has 1 fully saturated rings. The van der Waals surface area contributed by atoms with Crippen molar-refractivity contribution in [1.82, 2.24) is 25.0 Å². The summed E-state index contributed by atoms with van der Waals surface area (Å²) in [6.45, 7) is 2.46. The van der Waals surface area contributed by atoms with E-state index in [1.54, 1.807) is 16.0 Å². The third kappa shape index (κ3) is 3.79. The maximum Gasteiger partial charge on any atom is 0.293 e. The Morgan fingerprint density at radius 2 is 2.11 bits per heavy atom. The Balaban J connectivity index is 1.66. The molecule has 0 aliphatic carbocycles. The minimum atomic E-state index is -0.0803. The lowest BCUT2D eigenvalue weighted by molar-refractivity contribution is 0.0662. The molecule has 140 valence electrons. The second-order valence-electron chi connectivity index (χ2n) is 6.80. The molecule has 0 spiro atoms. The van der Waals surface area contributed by atoms with Crippen LogP contribution < -0.4 is 5.32 Å². The zero-order chi connectivity index (χ0) is 18.6. The number of piperidine rings is 1. The number of para-hydroxylation sites is 1. The summed E-state index contributed by atoms with van der Waals surface area (Å²) >= 11 is 1.60. The molecule has 1 amide bonds. The molecule has 4 rings (SSSR count). The molecule has 0 radical (unpaired) electrons. The molecule has 1 aliphatic heterocycles. The summed E-state index contributed by atoms with van der Waals surface area (Å²) in [5, 5.41) is 9.81. The number of thiophene rings is 1. The maximum absolute atomic E-state index is 13.1. The molecule has 3 heterocycles. The standard InChI is InChI=1S/C20H23N5OS/c1-21-13-15-7-5-11-24(14-15)20(26)18-22-19(17-10-6-12-27-17)25(23-18)16-8-3-2-4-9-16/h2-4,6,8-10,12,15,21H,5,7,11,13-14H2,1H3. The van der Waals surface area contributed by atoms with Crippen molar-refractivity contribution in [1.29, 1.82) is 0 Å². The zero-order valence-corrected chi connectivity index (χ0v) is 16.2. The van der Waals surface area contributed by atoms with Crippen LogP contribution in [0.15, 0.2) is 47.8 Å². The number of nitrogens with one attached hydrogen (secondary N) is 1. The van der Waals surface area contributed by atoms with Crippen LogP contribution in [0.4, 0.5) is 0 Å². The first-order valence-corrected chi connectivity index (χ1v) is 10.1. The second-order valence-corrected chi connectivity index (χ2v) is 7.75. The van der Waals surface area contributed by atoms with Gasteiger partial charge in [-0.15, -0.1) is 16.4 Å². The second kappa shape index (κ2) is 8.02. The van der Waals surface area contributed by atoms with Crippen LogP contribution in [0.2, 0.25) is 0 Å². The van der Waals surface area contributed by atoms with Crippen molar-refractivity contribution < 1.29 is 4.79 Å². The minimum Gasteiger partial charge on any atom is -0.336 e. The van der Waals surface area contributed by atoms with Crippen molar-refractivity contribution in [3.05, 3.63) is 53.7 Å². The van der Waals surface area contributed by atoms with Gasteiger partial charge >= 0.3 is 0 Å². The van der Waals surface area contributed by atoms with Crippen molar-refractivity contribution in [2.45, 2.75) is 12.8 Å². The molecule has 1 aromatic carbocycles. The van der Waals surface area contributed by atoms with E-state index >= 15 is 0 Å². The Hall–Kier alpha value is -2.51. The summed E-state index contributed by atoms with van der Waals surface area (Å²) in [6.07, 6.45) is 2.17. The van der Waals surface area contributed by atoms with Gasteiger partial charge < -0.3 is 10.2 Å². The van der Waals surface area contributed by atoms with Crippen LogP contribution in [-0.4, -0.2) is 52.3 Å². The third-order valence-corrected chi connectivity index (χ3v) is 5.71. The largest absolute Gasteiger partial charge is 0.336 e. The molecule has 6 nitrogen and oxygen atoms in total. The highest BCUT2D eigenvalue weighted by Gasteiger charge is 2.28. The molecule has 1 atom stereocenters. The van der Waals surface area contributed by atoms with E-state index in [1.807, 2.05) is 59.8 Å². The van der Waals surface area contributed by atoms with Crippen LogP contribution in [0.5, 0.6) is 0 Å². The van der Waals surface area contributed by atoms with E-state index < -0.39 is 0 Å². The number of benzene rings is 1. The van der Waals surface area contributed by atoms with Crippen LogP contribution in [0.3, 0.4) is 0 Å². The Bertz CT molecular complexity index is 889. The lowest BCUT2D eigenvalue weighted by atomic mass is 9.98. The zero-order valence-electron chi connectivity index (χ0n) is 15.3. The van der Waals surface area contributed by atoms with Gasteiger partial charge in [-0.25, -0.2) is 9.67 Å². The number of amides is 1. The number of rotatable bonds is 5. The quantitative estimate of drug-likeness (QED) is 0.738. The number of aromatic nitrogens is 3. The highest BCUT2D eigenvalue weighted by atomic mass is 32.1. The molecule has 7 heteroatoms.